The van der Waals surface area contributed by atoms with Crippen molar-refractivity contribution in [3.05, 3.63) is 0 Å². The molecular weight excluding hydrogens is 106 g/mol. The molecule has 1 heterocycles. The molecule has 0 aromatic rings. The predicted molar refractivity (Wildman–Crippen MR) is 34.3 cm³/mol. The molecule has 1 atom stereocenters. The van der Waals surface area contributed by atoms with Crippen LogP contribution in [0.1, 0.15) is 19.8 Å². The third kappa shape index (κ3) is 1.70. The minimum atomic E-state index is 0.841. The van der Waals surface area contributed by atoms with E-state index in [-0.39, 0.29) is 0 Å². The van der Waals surface area contributed by atoms with E-state index in [1.807, 2.05) is 11.9 Å². The average molecular weight is 117 g/mol. The molecule has 7 heavy (non-hydrogen) atoms. The Bertz CT molecular complexity index is 50.0. The molecule has 0 aromatic carbocycles. The summed E-state index contributed by atoms with van der Waals surface area (Å²) in [5, 5.41) is 0.841. The SMILES string of the molecule is CC1CCCNS1. The van der Waals surface area contributed by atoms with Gasteiger partial charge in [0, 0.05) is 11.8 Å². The minimum absolute atomic E-state index is 0.841. The van der Waals surface area contributed by atoms with Crippen molar-refractivity contribution in [3.8, 4) is 0 Å². The van der Waals surface area contributed by atoms with Crippen LogP contribution in [-0.2, 0) is 0 Å². The molecule has 0 amide bonds. The van der Waals surface area contributed by atoms with Gasteiger partial charge in [-0.25, -0.2) is 0 Å². The summed E-state index contributed by atoms with van der Waals surface area (Å²) in [6.45, 7) is 3.46. The first-order valence-electron chi connectivity index (χ1n) is 2.78. The van der Waals surface area contributed by atoms with Gasteiger partial charge in [-0.3, -0.25) is 4.72 Å². The molecule has 0 bridgehead atoms. The van der Waals surface area contributed by atoms with Crippen LogP contribution in [0.2, 0.25) is 0 Å². The lowest BCUT2D eigenvalue weighted by molar-refractivity contribution is 0.686. The van der Waals surface area contributed by atoms with Crippen LogP contribution in [0.25, 0.3) is 0 Å². The molecule has 0 saturated carbocycles. The maximum absolute atomic E-state index is 3.25. The Balaban J connectivity index is 2.12. The first kappa shape index (κ1) is 5.45. The number of hydrogen-bond donors (Lipinski definition) is 1. The van der Waals surface area contributed by atoms with E-state index in [4.69, 9.17) is 0 Å². The Hall–Kier alpha value is 0.310. The van der Waals surface area contributed by atoms with Gasteiger partial charge in [0.2, 0.25) is 0 Å². The maximum Gasteiger partial charge on any atom is 0.0165 e. The van der Waals surface area contributed by atoms with Gasteiger partial charge >= 0.3 is 0 Å². The highest BCUT2D eigenvalue weighted by molar-refractivity contribution is 7.98. The molecule has 2 heteroatoms. The molecule has 1 saturated heterocycles. The van der Waals surface area contributed by atoms with Gasteiger partial charge in [-0.05, 0) is 12.8 Å². The highest BCUT2D eigenvalue weighted by atomic mass is 32.2. The lowest BCUT2D eigenvalue weighted by atomic mass is 10.2. The number of rotatable bonds is 0. The summed E-state index contributed by atoms with van der Waals surface area (Å²) in [5.41, 5.74) is 0. The molecule has 42 valence electrons. The van der Waals surface area contributed by atoms with Crippen LogP contribution >= 0.6 is 11.9 Å². The zero-order chi connectivity index (χ0) is 5.11. The molecule has 1 aliphatic rings. The molecule has 1 rings (SSSR count). The Morgan fingerprint density at radius 2 is 2.57 bits per heavy atom. The van der Waals surface area contributed by atoms with Crippen LogP contribution in [-0.4, -0.2) is 11.8 Å². The van der Waals surface area contributed by atoms with Crippen molar-refractivity contribution in [1.29, 1.82) is 0 Å². The van der Waals surface area contributed by atoms with Crippen LogP contribution in [0.4, 0.5) is 0 Å². The lowest BCUT2D eigenvalue weighted by Crippen LogP contribution is -2.18. The van der Waals surface area contributed by atoms with Crippen molar-refractivity contribution in [3.63, 3.8) is 0 Å². The van der Waals surface area contributed by atoms with Crippen molar-refractivity contribution < 1.29 is 0 Å². The molecule has 0 spiro atoms. The van der Waals surface area contributed by atoms with E-state index >= 15 is 0 Å². The fraction of sp³-hybridized carbons (Fsp3) is 1.00. The van der Waals surface area contributed by atoms with Gasteiger partial charge in [-0.1, -0.05) is 18.9 Å². The molecule has 0 aliphatic carbocycles. The van der Waals surface area contributed by atoms with Gasteiger partial charge in [0.25, 0.3) is 0 Å². The summed E-state index contributed by atoms with van der Waals surface area (Å²) in [7, 11) is 0. The summed E-state index contributed by atoms with van der Waals surface area (Å²) in [6, 6.07) is 0. The second-order valence-corrected chi connectivity index (χ2v) is 3.29. The number of nitrogens with one attached hydrogen (secondary N) is 1. The molecule has 0 radical (unpaired) electrons. The van der Waals surface area contributed by atoms with E-state index < -0.39 is 0 Å². The Labute approximate surface area is 49.0 Å². The van der Waals surface area contributed by atoms with Crippen molar-refractivity contribution >= 4 is 11.9 Å². The molecule has 1 fully saturated rings. The summed E-state index contributed by atoms with van der Waals surface area (Å²) < 4.78 is 3.25. The summed E-state index contributed by atoms with van der Waals surface area (Å²) in [5.74, 6) is 0. The van der Waals surface area contributed by atoms with Crippen LogP contribution in [0.15, 0.2) is 0 Å². The Morgan fingerprint density at radius 1 is 1.71 bits per heavy atom. The standard InChI is InChI=1S/C5H11NS/c1-5-3-2-4-6-7-5/h5-6H,2-4H2,1H3. The van der Waals surface area contributed by atoms with E-state index in [9.17, 15) is 0 Å². The fourth-order valence-electron chi connectivity index (χ4n) is 0.722. The van der Waals surface area contributed by atoms with Crippen molar-refractivity contribution in [2.75, 3.05) is 6.54 Å². The monoisotopic (exact) mass is 117 g/mol. The molecular formula is C5H11NS. The first-order valence-corrected chi connectivity index (χ1v) is 3.66. The van der Waals surface area contributed by atoms with Gasteiger partial charge in [0.15, 0.2) is 0 Å². The molecule has 1 unspecified atom stereocenters. The highest BCUT2D eigenvalue weighted by Gasteiger charge is 2.05. The minimum Gasteiger partial charge on any atom is -0.264 e. The lowest BCUT2D eigenvalue weighted by Gasteiger charge is -2.16. The molecule has 0 aromatic heterocycles. The molecule has 1 N–H and O–H groups in total. The van der Waals surface area contributed by atoms with E-state index in [1.165, 1.54) is 19.4 Å². The smallest absolute Gasteiger partial charge is 0.0165 e. The topological polar surface area (TPSA) is 12.0 Å². The van der Waals surface area contributed by atoms with Crippen LogP contribution in [0, 0.1) is 0 Å². The van der Waals surface area contributed by atoms with Crippen molar-refractivity contribution in [2.24, 2.45) is 0 Å². The maximum atomic E-state index is 3.25. The first-order chi connectivity index (χ1) is 3.39. The van der Waals surface area contributed by atoms with Crippen molar-refractivity contribution in [1.82, 2.24) is 4.72 Å². The second kappa shape index (κ2) is 2.58. The van der Waals surface area contributed by atoms with Gasteiger partial charge < -0.3 is 0 Å². The largest absolute Gasteiger partial charge is 0.264 e. The zero-order valence-corrected chi connectivity index (χ0v) is 5.42. The van der Waals surface area contributed by atoms with Crippen LogP contribution < -0.4 is 4.72 Å². The third-order valence-corrected chi connectivity index (χ3v) is 2.18. The van der Waals surface area contributed by atoms with Gasteiger partial charge in [0.05, 0.1) is 0 Å². The number of hydrogen-bond acceptors (Lipinski definition) is 2. The highest BCUT2D eigenvalue weighted by Crippen LogP contribution is 2.15. The zero-order valence-electron chi connectivity index (χ0n) is 4.61. The normalized spacial score (nSPS) is 33.0. The van der Waals surface area contributed by atoms with E-state index in [1.54, 1.807) is 0 Å². The fourth-order valence-corrected chi connectivity index (χ4v) is 1.55. The van der Waals surface area contributed by atoms with E-state index in [2.05, 4.69) is 11.6 Å². The predicted octanol–water partition coefficient (Wildman–Crippen LogP) is 1.41. The third-order valence-electron chi connectivity index (χ3n) is 1.17. The average Bonchev–Trinajstić information content (AvgIpc) is 1.69. The van der Waals surface area contributed by atoms with Gasteiger partial charge in [-0.2, -0.15) is 0 Å². The van der Waals surface area contributed by atoms with Gasteiger partial charge in [0.1, 0.15) is 0 Å². The molecule has 1 aliphatic heterocycles. The van der Waals surface area contributed by atoms with Crippen LogP contribution in [0.5, 0.6) is 0 Å². The summed E-state index contributed by atoms with van der Waals surface area (Å²) >= 11 is 1.87. The van der Waals surface area contributed by atoms with Crippen molar-refractivity contribution in [2.45, 2.75) is 25.0 Å². The van der Waals surface area contributed by atoms with E-state index in [0.717, 1.165) is 5.25 Å². The van der Waals surface area contributed by atoms with E-state index in [0.29, 0.717) is 0 Å². The Kier molecular flexibility index (Phi) is 2.00. The van der Waals surface area contributed by atoms with Crippen LogP contribution in [0.3, 0.4) is 0 Å². The second-order valence-electron chi connectivity index (χ2n) is 1.97. The molecule has 1 nitrogen and oxygen atoms in total. The quantitative estimate of drug-likeness (QED) is 0.481. The Morgan fingerprint density at radius 3 is 2.86 bits per heavy atom. The summed E-state index contributed by atoms with van der Waals surface area (Å²) in [6.07, 6.45) is 2.74. The van der Waals surface area contributed by atoms with Gasteiger partial charge in [-0.15, -0.1) is 0 Å². The summed E-state index contributed by atoms with van der Waals surface area (Å²) in [4.78, 5) is 0.